The lowest BCUT2D eigenvalue weighted by molar-refractivity contribution is -0.141. The molecule has 5 heteroatoms. The van der Waals surface area contributed by atoms with Gasteiger partial charge >= 0.3 is 12.1 Å². The highest BCUT2D eigenvalue weighted by molar-refractivity contribution is 5.73. The summed E-state index contributed by atoms with van der Waals surface area (Å²) in [6.45, 7) is 8.20. The van der Waals surface area contributed by atoms with E-state index in [4.69, 9.17) is 4.74 Å². The van der Waals surface area contributed by atoms with Crippen molar-refractivity contribution in [2.24, 2.45) is 5.92 Å². The maximum absolute atomic E-state index is 12.0. The first kappa shape index (κ1) is 14.8. The molecule has 0 radical (unpaired) electrons. The third-order valence-corrected chi connectivity index (χ3v) is 2.88. The van der Waals surface area contributed by atoms with Gasteiger partial charge in [0.25, 0.3) is 0 Å². The van der Waals surface area contributed by atoms with Gasteiger partial charge in [-0.05, 0) is 33.1 Å². The van der Waals surface area contributed by atoms with Crippen LogP contribution < -0.4 is 0 Å². The second-order valence-corrected chi connectivity index (χ2v) is 5.91. The number of carbonyl (C=O) groups excluding carboxylic acids is 2. The second-order valence-electron chi connectivity index (χ2n) is 5.91. The van der Waals surface area contributed by atoms with Gasteiger partial charge < -0.3 is 14.4 Å². The van der Waals surface area contributed by atoms with Crippen LogP contribution in [0.3, 0.4) is 0 Å². The molecule has 0 spiro atoms. The van der Waals surface area contributed by atoms with Crippen LogP contribution in [0.15, 0.2) is 0 Å². The molecule has 0 N–H and O–H groups in total. The van der Waals surface area contributed by atoms with Gasteiger partial charge in [-0.2, -0.15) is 0 Å². The van der Waals surface area contributed by atoms with E-state index < -0.39 is 5.60 Å². The molecule has 0 aromatic rings. The molecule has 0 saturated carbocycles. The maximum Gasteiger partial charge on any atom is 0.410 e. The fourth-order valence-electron chi connectivity index (χ4n) is 2.16. The van der Waals surface area contributed by atoms with E-state index in [1.54, 1.807) is 4.90 Å². The van der Waals surface area contributed by atoms with Crippen LogP contribution in [0.4, 0.5) is 4.79 Å². The van der Waals surface area contributed by atoms with Crippen molar-refractivity contribution in [2.75, 3.05) is 13.7 Å². The molecule has 1 aliphatic rings. The Morgan fingerprint density at radius 1 is 1.33 bits per heavy atom. The first-order valence-corrected chi connectivity index (χ1v) is 6.29. The van der Waals surface area contributed by atoms with E-state index in [1.807, 2.05) is 20.8 Å². The van der Waals surface area contributed by atoms with E-state index in [2.05, 4.69) is 11.7 Å². The first-order valence-electron chi connectivity index (χ1n) is 6.29. The van der Waals surface area contributed by atoms with Gasteiger partial charge in [-0.3, -0.25) is 4.79 Å². The molecule has 1 heterocycles. The van der Waals surface area contributed by atoms with Crippen LogP contribution in [0.25, 0.3) is 0 Å². The summed E-state index contributed by atoms with van der Waals surface area (Å²) in [4.78, 5) is 25.0. The molecule has 2 unspecified atom stereocenters. The van der Waals surface area contributed by atoms with Crippen molar-refractivity contribution >= 4 is 12.1 Å². The number of esters is 1. The van der Waals surface area contributed by atoms with Crippen molar-refractivity contribution < 1.29 is 19.1 Å². The highest BCUT2D eigenvalue weighted by Gasteiger charge is 2.36. The second kappa shape index (κ2) is 5.59. The predicted molar refractivity (Wildman–Crippen MR) is 67.1 cm³/mol. The third-order valence-electron chi connectivity index (χ3n) is 2.88. The van der Waals surface area contributed by atoms with Crippen molar-refractivity contribution in [2.45, 2.75) is 52.2 Å². The van der Waals surface area contributed by atoms with E-state index in [9.17, 15) is 9.59 Å². The summed E-state index contributed by atoms with van der Waals surface area (Å²) >= 11 is 0. The molecule has 2 atom stereocenters. The van der Waals surface area contributed by atoms with Crippen LogP contribution in [0, 0.1) is 5.92 Å². The Morgan fingerprint density at radius 2 is 1.94 bits per heavy atom. The molecule has 0 aromatic carbocycles. The number of carbonyl (C=O) groups is 2. The van der Waals surface area contributed by atoms with Gasteiger partial charge in [-0.25, -0.2) is 4.79 Å². The molecule has 0 aliphatic carbocycles. The molecule has 1 aliphatic heterocycles. The number of likely N-dealkylation sites (tertiary alicyclic amines) is 1. The number of amides is 1. The summed E-state index contributed by atoms with van der Waals surface area (Å²) in [6.07, 6.45) is 0.704. The molecule has 5 nitrogen and oxygen atoms in total. The summed E-state index contributed by atoms with van der Waals surface area (Å²) in [5.74, 6) is 0.0924. The van der Waals surface area contributed by atoms with E-state index in [0.29, 0.717) is 12.5 Å². The Bertz CT molecular complexity index is 321. The van der Waals surface area contributed by atoms with E-state index >= 15 is 0 Å². The average Bonchev–Trinajstić information content (AvgIpc) is 2.56. The smallest absolute Gasteiger partial charge is 0.410 e. The minimum atomic E-state index is -0.515. The largest absolute Gasteiger partial charge is 0.469 e. The van der Waals surface area contributed by atoms with E-state index in [1.165, 1.54) is 7.11 Å². The van der Waals surface area contributed by atoms with Crippen molar-refractivity contribution in [1.82, 2.24) is 4.90 Å². The zero-order valence-electron chi connectivity index (χ0n) is 11.9. The topological polar surface area (TPSA) is 55.8 Å². The van der Waals surface area contributed by atoms with Gasteiger partial charge in [0.15, 0.2) is 0 Å². The quantitative estimate of drug-likeness (QED) is 0.712. The molecule has 1 amide bonds. The van der Waals surface area contributed by atoms with Crippen molar-refractivity contribution in [3.63, 3.8) is 0 Å². The number of methoxy groups -OCH3 is 1. The Morgan fingerprint density at radius 3 is 2.44 bits per heavy atom. The van der Waals surface area contributed by atoms with Crippen molar-refractivity contribution in [3.05, 3.63) is 0 Å². The Hall–Kier alpha value is -1.26. The number of rotatable bonds is 2. The lowest BCUT2D eigenvalue weighted by Crippen LogP contribution is -2.40. The van der Waals surface area contributed by atoms with Crippen LogP contribution in [0.5, 0.6) is 0 Å². The molecule has 1 fully saturated rings. The average molecular weight is 257 g/mol. The summed E-state index contributed by atoms with van der Waals surface area (Å²) in [5, 5.41) is 0. The monoisotopic (exact) mass is 257 g/mol. The molecular formula is C13H23NO4. The summed E-state index contributed by atoms with van der Waals surface area (Å²) < 4.78 is 10.0. The van der Waals surface area contributed by atoms with Gasteiger partial charge in [0, 0.05) is 12.6 Å². The standard InChI is InChI=1S/C13H23NO4/c1-9-6-10(7-11(15)17-5)14(8-9)12(16)18-13(2,3)4/h9-10H,6-8H2,1-5H3. The van der Waals surface area contributed by atoms with Gasteiger partial charge in [0.2, 0.25) is 0 Å². The Balaban J connectivity index is 2.66. The number of hydrogen-bond acceptors (Lipinski definition) is 4. The fraction of sp³-hybridized carbons (Fsp3) is 0.846. The normalized spacial score (nSPS) is 23.9. The SMILES string of the molecule is COC(=O)CC1CC(C)CN1C(=O)OC(C)(C)C. The fourth-order valence-corrected chi connectivity index (χ4v) is 2.16. The minimum Gasteiger partial charge on any atom is -0.469 e. The lowest BCUT2D eigenvalue weighted by Gasteiger charge is -2.28. The summed E-state index contributed by atoms with van der Waals surface area (Å²) in [7, 11) is 1.36. The maximum atomic E-state index is 12.0. The molecule has 0 aromatic heterocycles. The molecule has 1 rings (SSSR count). The van der Waals surface area contributed by atoms with Crippen LogP contribution >= 0.6 is 0 Å². The molecule has 104 valence electrons. The van der Waals surface area contributed by atoms with Gasteiger partial charge in [0.05, 0.1) is 13.5 Å². The molecule has 1 saturated heterocycles. The third kappa shape index (κ3) is 4.20. The first-order chi connectivity index (χ1) is 8.23. The minimum absolute atomic E-state index is 0.109. The number of nitrogens with zero attached hydrogens (tertiary/aromatic N) is 1. The van der Waals surface area contributed by atoms with Crippen LogP contribution in [-0.2, 0) is 14.3 Å². The summed E-state index contributed by atoms with van der Waals surface area (Å²) in [6, 6.07) is -0.109. The lowest BCUT2D eigenvalue weighted by atomic mass is 10.1. The summed E-state index contributed by atoms with van der Waals surface area (Å²) in [5.41, 5.74) is -0.515. The Kier molecular flexibility index (Phi) is 4.59. The number of ether oxygens (including phenoxy) is 2. The Labute approximate surface area is 108 Å². The van der Waals surface area contributed by atoms with Crippen LogP contribution in [0.1, 0.15) is 40.5 Å². The zero-order chi connectivity index (χ0) is 13.9. The molecule has 0 bridgehead atoms. The van der Waals surface area contributed by atoms with Gasteiger partial charge in [0.1, 0.15) is 5.60 Å². The van der Waals surface area contributed by atoms with Gasteiger partial charge in [-0.15, -0.1) is 0 Å². The van der Waals surface area contributed by atoms with Gasteiger partial charge in [-0.1, -0.05) is 6.92 Å². The van der Waals surface area contributed by atoms with Crippen molar-refractivity contribution in [1.29, 1.82) is 0 Å². The van der Waals surface area contributed by atoms with E-state index in [0.717, 1.165) is 6.42 Å². The number of hydrogen-bond donors (Lipinski definition) is 0. The van der Waals surface area contributed by atoms with Crippen LogP contribution in [-0.4, -0.2) is 42.3 Å². The zero-order valence-corrected chi connectivity index (χ0v) is 11.9. The highest BCUT2D eigenvalue weighted by Crippen LogP contribution is 2.27. The van der Waals surface area contributed by atoms with E-state index in [-0.39, 0.29) is 24.5 Å². The van der Waals surface area contributed by atoms with Crippen molar-refractivity contribution in [3.8, 4) is 0 Å². The molecular weight excluding hydrogens is 234 g/mol. The molecule has 18 heavy (non-hydrogen) atoms. The predicted octanol–water partition coefficient (Wildman–Crippen LogP) is 2.20. The van der Waals surface area contributed by atoms with Crippen LogP contribution in [0.2, 0.25) is 0 Å². The highest BCUT2D eigenvalue weighted by atomic mass is 16.6.